The molecule has 1 unspecified atom stereocenters. The summed E-state index contributed by atoms with van der Waals surface area (Å²) < 4.78 is 36.1. The number of hydrogen-bond acceptors (Lipinski definition) is 5. The molecule has 2 aliphatic rings. The molecule has 7 nitrogen and oxygen atoms in total. The highest BCUT2D eigenvalue weighted by Crippen LogP contribution is 2.41. The predicted octanol–water partition coefficient (Wildman–Crippen LogP) is -0.420. The molecule has 8 heteroatoms. The lowest BCUT2D eigenvalue weighted by atomic mass is 9.69. The lowest BCUT2D eigenvalue weighted by molar-refractivity contribution is -0.139. The molecular weight excluding hydrogens is 296 g/mol. The summed E-state index contributed by atoms with van der Waals surface area (Å²) in [4.78, 5) is 13.6. The highest BCUT2D eigenvalue weighted by Gasteiger charge is 2.45. The van der Waals surface area contributed by atoms with Gasteiger partial charge in [-0.1, -0.05) is 0 Å². The number of nitrogens with zero attached hydrogens (tertiary/aromatic N) is 1. The van der Waals surface area contributed by atoms with Crippen molar-refractivity contribution in [2.45, 2.75) is 25.3 Å². The second-order valence-electron chi connectivity index (χ2n) is 5.94. The van der Waals surface area contributed by atoms with Crippen LogP contribution in [-0.4, -0.2) is 71.5 Å². The minimum atomic E-state index is -3.27. The van der Waals surface area contributed by atoms with E-state index in [4.69, 9.17) is 9.47 Å². The van der Waals surface area contributed by atoms with Gasteiger partial charge in [-0.25, -0.2) is 13.1 Å². The van der Waals surface area contributed by atoms with Crippen LogP contribution in [0, 0.1) is 5.41 Å². The minimum Gasteiger partial charge on any atom is -0.380 e. The maximum absolute atomic E-state index is 11.8. The Morgan fingerprint density at radius 3 is 2.62 bits per heavy atom. The van der Waals surface area contributed by atoms with E-state index < -0.39 is 10.0 Å². The Bertz CT molecular complexity index is 471. The maximum atomic E-state index is 11.8. The van der Waals surface area contributed by atoms with E-state index in [9.17, 15) is 13.2 Å². The van der Waals surface area contributed by atoms with E-state index in [1.807, 2.05) is 0 Å². The fourth-order valence-electron chi connectivity index (χ4n) is 3.26. The predicted molar refractivity (Wildman–Crippen MR) is 77.3 cm³/mol. The van der Waals surface area contributed by atoms with Crippen molar-refractivity contribution in [3.63, 3.8) is 0 Å². The molecule has 2 fully saturated rings. The van der Waals surface area contributed by atoms with Gasteiger partial charge in [0.2, 0.25) is 15.9 Å². The lowest BCUT2D eigenvalue weighted by Gasteiger charge is -2.48. The van der Waals surface area contributed by atoms with E-state index >= 15 is 0 Å². The van der Waals surface area contributed by atoms with E-state index in [0.717, 1.165) is 19.3 Å². The van der Waals surface area contributed by atoms with E-state index in [-0.39, 0.29) is 24.0 Å². The smallest absolute Gasteiger partial charge is 0.248 e. The number of nitrogens with one attached hydrogen (secondary N) is 1. The van der Waals surface area contributed by atoms with Crippen LogP contribution in [-0.2, 0) is 24.3 Å². The molecule has 0 bridgehead atoms. The van der Waals surface area contributed by atoms with Crippen molar-refractivity contribution in [3.8, 4) is 0 Å². The molecule has 0 aromatic heterocycles. The van der Waals surface area contributed by atoms with Crippen molar-refractivity contribution in [1.29, 1.82) is 0 Å². The van der Waals surface area contributed by atoms with E-state index in [1.165, 1.54) is 13.4 Å². The summed E-state index contributed by atoms with van der Waals surface area (Å²) >= 11 is 0. The molecule has 0 aromatic carbocycles. The molecule has 21 heavy (non-hydrogen) atoms. The SMILES string of the molecule is COCC(=O)N1CCC2(CCOCC2NS(C)(=O)=O)CC1. The number of rotatable bonds is 4. The van der Waals surface area contributed by atoms with Crippen LogP contribution in [0.5, 0.6) is 0 Å². The average molecular weight is 320 g/mol. The molecule has 0 aromatic rings. The standard InChI is InChI=1S/C13H24N2O5S/c1-19-10-12(16)15-6-3-13(4-7-15)5-8-20-9-11(13)14-21(2,17)18/h11,14H,3-10H2,1-2H3. The highest BCUT2D eigenvalue weighted by molar-refractivity contribution is 7.88. The van der Waals surface area contributed by atoms with Crippen LogP contribution in [0.4, 0.5) is 0 Å². The van der Waals surface area contributed by atoms with Crippen LogP contribution in [0.25, 0.3) is 0 Å². The van der Waals surface area contributed by atoms with Crippen LogP contribution in [0.2, 0.25) is 0 Å². The first-order valence-electron chi connectivity index (χ1n) is 7.18. The zero-order chi connectivity index (χ0) is 15.5. The molecule has 0 radical (unpaired) electrons. The first kappa shape index (κ1) is 16.7. The van der Waals surface area contributed by atoms with Gasteiger partial charge in [0.1, 0.15) is 6.61 Å². The van der Waals surface area contributed by atoms with Crippen molar-refractivity contribution in [3.05, 3.63) is 0 Å². The largest absolute Gasteiger partial charge is 0.380 e. The monoisotopic (exact) mass is 320 g/mol. The Hall–Kier alpha value is -0.700. The molecular formula is C13H24N2O5S. The summed E-state index contributed by atoms with van der Waals surface area (Å²) in [6.07, 6.45) is 3.58. The molecule has 1 N–H and O–H groups in total. The normalized spacial score (nSPS) is 26.0. The third-order valence-corrected chi connectivity index (χ3v) is 5.22. The second kappa shape index (κ2) is 6.60. The zero-order valence-corrected chi connectivity index (χ0v) is 13.4. The third kappa shape index (κ3) is 4.15. The van der Waals surface area contributed by atoms with Crippen molar-refractivity contribution >= 4 is 15.9 Å². The summed E-state index contributed by atoms with van der Waals surface area (Å²) in [5, 5.41) is 0. The lowest BCUT2D eigenvalue weighted by Crippen LogP contribution is -2.58. The van der Waals surface area contributed by atoms with Gasteiger partial charge in [0, 0.05) is 26.8 Å². The Morgan fingerprint density at radius 2 is 2.05 bits per heavy atom. The second-order valence-corrected chi connectivity index (χ2v) is 7.72. The number of ether oxygens (including phenoxy) is 2. The molecule has 2 heterocycles. The Labute approximate surface area is 126 Å². The summed E-state index contributed by atoms with van der Waals surface area (Å²) in [6, 6.07) is -0.207. The molecule has 1 spiro atoms. The van der Waals surface area contributed by atoms with Gasteiger partial charge in [-0.05, 0) is 24.7 Å². The van der Waals surface area contributed by atoms with Crippen molar-refractivity contribution in [1.82, 2.24) is 9.62 Å². The summed E-state index contributed by atoms with van der Waals surface area (Å²) in [5.74, 6) is -0.00738. The van der Waals surface area contributed by atoms with Gasteiger partial charge < -0.3 is 14.4 Å². The maximum Gasteiger partial charge on any atom is 0.248 e. The van der Waals surface area contributed by atoms with Gasteiger partial charge in [0.25, 0.3) is 0 Å². The number of likely N-dealkylation sites (tertiary alicyclic amines) is 1. The zero-order valence-electron chi connectivity index (χ0n) is 12.6. The Balaban J connectivity index is 2.02. The number of sulfonamides is 1. The van der Waals surface area contributed by atoms with Gasteiger partial charge in [-0.3, -0.25) is 4.79 Å². The summed E-state index contributed by atoms with van der Waals surface area (Å²) in [6.45, 7) is 2.43. The van der Waals surface area contributed by atoms with Crippen LogP contribution in [0.3, 0.4) is 0 Å². The number of amides is 1. The average Bonchev–Trinajstić information content (AvgIpc) is 2.41. The fraction of sp³-hybridized carbons (Fsp3) is 0.923. The Kier molecular flexibility index (Phi) is 5.24. The fourth-order valence-corrected chi connectivity index (χ4v) is 4.09. The Morgan fingerprint density at radius 1 is 1.38 bits per heavy atom. The third-order valence-electron chi connectivity index (χ3n) is 4.50. The van der Waals surface area contributed by atoms with Crippen molar-refractivity contribution in [2.24, 2.45) is 5.41 Å². The molecule has 1 atom stereocenters. The van der Waals surface area contributed by atoms with Gasteiger partial charge in [0.05, 0.1) is 18.9 Å². The van der Waals surface area contributed by atoms with Crippen LogP contribution in [0.15, 0.2) is 0 Å². The number of hydrogen-bond donors (Lipinski definition) is 1. The van der Waals surface area contributed by atoms with Gasteiger partial charge in [0.15, 0.2) is 0 Å². The number of methoxy groups -OCH3 is 1. The first-order valence-corrected chi connectivity index (χ1v) is 9.07. The number of piperidine rings is 1. The van der Waals surface area contributed by atoms with Crippen LogP contribution in [0.1, 0.15) is 19.3 Å². The molecule has 2 rings (SSSR count). The van der Waals surface area contributed by atoms with E-state index in [0.29, 0.717) is 26.3 Å². The van der Waals surface area contributed by atoms with Gasteiger partial charge >= 0.3 is 0 Å². The van der Waals surface area contributed by atoms with E-state index in [2.05, 4.69) is 4.72 Å². The van der Waals surface area contributed by atoms with E-state index in [1.54, 1.807) is 4.90 Å². The highest BCUT2D eigenvalue weighted by atomic mass is 32.2. The topological polar surface area (TPSA) is 84.9 Å². The molecule has 122 valence electrons. The van der Waals surface area contributed by atoms with Gasteiger partial charge in [-0.15, -0.1) is 0 Å². The molecule has 2 saturated heterocycles. The van der Waals surface area contributed by atoms with Crippen LogP contribution >= 0.6 is 0 Å². The van der Waals surface area contributed by atoms with Crippen molar-refractivity contribution < 1.29 is 22.7 Å². The number of carbonyl (C=O) groups excluding carboxylic acids is 1. The molecule has 0 saturated carbocycles. The summed E-state index contributed by atoms with van der Waals surface area (Å²) in [5.41, 5.74) is -0.106. The van der Waals surface area contributed by atoms with Gasteiger partial charge in [-0.2, -0.15) is 0 Å². The molecule has 2 aliphatic heterocycles. The summed E-state index contributed by atoms with van der Waals surface area (Å²) in [7, 11) is -1.76. The molecule has 0 aliphatic carbocycles. The molecule has 1 amide bonds. The first-order chi connectivity index (χ1) is 9.86. The van der Waals surface area contributed by atoms with Crippen molar-refractivity contribution in [2.75, 3.05) is 46.3 Å². The number of carbonyl (C=O) groups is 1. The quantitative estimate of drug-likeness (QED) is 0.760. The minimum absolute atomic E-state index is 0.00738. The van der Waals surface area contributed by atoms with Crippen LogP contribution < -0.4 is 4.72 Å².